The van der Waals surface area contributed by atoms with Crippen LogP contribution in [-0.2, 0) is 9.84 Å². The zero-order valence-electron chi connectivity index (χ0n) is 11.6. The second kappa shape index (κ2) is 5.80. The monoisotopic (exact) mass is 297 g/mol. The second-order valence-corrected chi connectivity index (χ2v) is 6.95. The summed E-state index contributed by atoms with van der Waals surface area (Å²) in [4.78, 5) is 13.2. The van der Waals surface area contributed by atoms with Crippen LogP contribution in [0.1, 0.15) is 11.6 Å². The Morgan fingerprint density at radius 3 is 2.70 bits per heavy atom. The molecule has 0 aromatic heterocycles. The van der Waals surface area contributed by atoms with Crippen molar-refractivity contribution in [3.05, 3.63) is 29.8 Å². The van der Waals surface area contributed by atoms with Crippen molar-refractivity contribution in [3.63, 3.8) is 0 Å². The van der Waals surface area contributed by atoms with E-state index in [1.807, 2.05) is 12.1 Å². The minimum atomic E-state index is -3.18. The average molecular weight is 297 g/mol. The molecule has 0 aliphatic carbocycles. The van der Waals surface area contributed by atoms with Crippen LogP contribution >= 0.6 is 0 Å². The summed E-state index contributed by atoms with van der Waals surface area (Å²) in [5.41, 5.74) is 0.812. The van der Waals surface area contributed by atoms with E-state index in [0.717, 1.165) is 5.56 Å². The summed E-state index contributed by atoms with van der Waals surface area (Å²) >= 11 is 0. The topological polar surface area (TPSA) is 78.5 Å². The molecular formula is C13H19N3O3S. The largest absolute Gasteiger partial charge is 0.337 e. The number of hydrogen-bond donors (Lipinski definition) is 2. The zero-order valence-corrected chi connectivity index (χ0v) is 12.4. The Balaban J connectivity index is 1.91. The van der Waals surface area contributed by atoms with Crippen LogP contribution in [0.2, 0.25) is 0 Å². The van der Waals surface area contributed by atoms with E-state index in [0.29, 0.717) is 18.0 Å². The lowest BCUT2D eigenvalue weighted by Crippen LogP contribution is -2.39. The number of carbonyl (C=O) groups excluding carboxylic acids is 1. The van der Waals surface area contributed by atoms with Crippen molar-refractivity contribution in [3.8, 4) is 0 Å². The number of nitrogens with one attached hydrogen (secondary N) is 2. The van der Waals surface area contributed by atoms with Gasteiger partial charge in [0.2, 0.25) is 0 Å². The van der Waals surface area contributed by atoms with Gasteiger partial charge in [-0.2, -0.15) is 0 Å². The molecular weight excluding hydrogens is 278 g/mol. The molecule has 1 aromatic rings. The molecule has 0 saturated heterocycles. The molecule has 0 saturated carbocycles. The fourth-order valence-electron chi connectivity index (χ4n) is 2.19. The molecule has 1 unspecified atom stereocenters. The van der Waals surface area contributed by atoms with Gasteiger partial charge in [-0.25, -0.2) is 13.2 Å². The summed E-state index contributed by atoms with van der Waals surface area (Å²) in [6, 6.07) is 6.67. The molecule has 110 valence electrons. The first-order valence-corrected chi connectivity index (χ1v) is 8.07. The van der Waals surface area contributed by atoms with E-state index in [1.54, 1.807) is 26.2 Å². The molecule has 1 aliphatic heterocycles. The predicted octanol–water partition coefficient (Wildman–Crippen LogP) is 0.376. The van der Waals surface area contributed by atoms with Crippen LogP contribution in [0.3, 0.4) is 0 Å². The van der Waals surface area contributed by atoms with Gasteiger partial charge in [-0.05, 0) is 11.6 Å². The molecule has 2 rings (SSSR count). The number of urea groups is 1. The van der Waals surface area contributed by atoms with Crippen molar-refractivity contribution < 1.29 is 13.2 Å². The summed E-state index contributed by atoms with van der Waals surface area (Å²) in [7, 11) is 0.159. The highest BCUT2D eigenvalue weighted by molar-refractivity contribution is 7.91. The fourth-order valence-corrected chi connectivity index (χ4v) is 3.96. The Kier molecular flexibility index (Phi) is 4.29. The van der Waals surface area contributed by atoms with E-state index in [1.165, 1.54) is 4.90 Å². The van der Waals surface area contributed by atoms with Crippen LogP contribution in [-0.4, -0.2) is 52.3 Å². The van der Waals surface area contributed by atoms with Crippen molar-refractivity contribution >= 4 is 15.9 Å². The maximum Gasteiger partial charge on any atom is 0.316 e. The molecule has 2 N–H and O–H groups in total. The second-order valence-electron chi connectivity index (χ2n) is 4.95. The van der Waals surface area contributed by atoms with E-state index in [-0.39, 0.29) is 17.8 Å². The summed E-state index contributed by atoms with van der Waals surface area (Å²) in [6.45, 7) is 0.976. The summed E-state index contributed by atoms with van der Waals surface area (Å²) < 4.78 is 24.0. The highest BCUT2D eigenvalue weighted by Gasteiger charge is 2.33. The van der Waals surface area contributed by atoms with Gasteiger partial charge in [0.15, 0.2) is 9.84 Å². The summed E-state index contributed by atoms with van der Waals surface area (Å²) in [5.74, 6) is 0.0774. The van der Waals surface area contributed by atoms with Crippen molar-refractivity contribution in [2.45, 2.75) is 10.9 Å². The molecule has 7 heteroatoms. The number of carbonyl (C=O) groups is 1. The Labute approximate surface area is 119 Å². The smallest absolute Gasteiger partial charge is 0.316 e. The molecule has 0 fully saturated rings. The van der Waals surface area contributed by atoms with Crippen molar-refractivity contribution in [1.82, 2.24) is 15.5 Å². The normalized spacial score (nSPS) is 19.4. The lowest BCUT2D eigenvalue weighted by atomic mass is 10.1. The number of sulfone groups is 1. The highest BCUT2D eigenvalue weighted by Crippen LogP contribution is 2.32. The molecule has 2 amide bonds. The highest BCUT2D eigenvalue weighted by atomic mass is 32.2. The Bertz CT molecular complexity index is 599. The van der Waals surface area contributed by atoms with Crippen molar-refractivity contribution in [2.75, 3.05) is 32.9 Å². The van der Waals surface area contributed by atoms with E-state index < -0.39 is 9.84 Å². The van der Waals surface area contributed by atoms with Gasteiger partial charge in [0.05, 0.1) is 10.6 Å². The molecule has 1 heterocycles. The molecule has 1 atom stereocenters. The number of nitrogens with zero attached hydrogens (tertiary/aromatic N) is 1. The minimum absolute atomic E-state index is 0.0774. The number of hydrogen-bond acceptors (Lipinski definition) is 4. The minimum Gasteiger partial charge on any atom is -0.337 e. The lowest BCUT2D eigenvalue weighted by Gasteiger charge is -2.15. The summed E-state index contributed by atoms with van der Waals surface area (Å²) in [5, 5.41) is 5.90. The number of amides is 2. The lowest BCUT2D eigenvalue weighted by molar-refractivity contribution is 0.217. The standard InChI is InChI=1S/C13H19N3O3S/c1-16(2)13(17)15-8-7-14-11-9-20(18,19)12-6-4-3-5-10(11)12/h3-6,11,14H,7-9H2,1-2H3,(H,15,17). The van der Waals surface area contributed by atoms with Gasteiger partial charge in [0, 0.05) is 33.2 Å². The molecule has 1 aromatic carbocycles. The SMILES string of the molecule is CN(C)C(=O)NCCNC1CS(=O)(=O)c2ccccc21. The first kappa shape index (κ1) is 14.8. The van der Waals surface area contributed by atoms with E-state index in [4.69, 9.17) is 0 Å². The van der Waals surface area contributed by atoms with Crippen LogP contribution in [0.4, 0.5) is 4.79 Å². The average Bonchev–Trinajstić information content (AvgIpc) is 2.66. The molecule has 0 bridgehead atoms. The molecule has 0 radical (unpaired) electrons. The van der Waals surface area contributed by atoms with Crippen molar-refractivity contribution in [1.29, 1.82) is 0 Å². The van der Waals surface area contributed by atoms with Crippen LogP contribution in [0.15, 0.2) is 29.2 Å². The van der Waals surface area contributed by atoms with Crippen molar-refractivity contribution in [2.24, 2.45) is 0 Å². The van der Waals surface area contributed by atoms with Crippen LogP contribution in [0, 0.1) is 0 Å². The van der Waals surface area contributed by atoms with Gasteiger partial charge in [-0.3, -0.25) is 0 Å². The van der Waals surface area contributed by atoms with E-state index in [2.05, 4.69) is 10.6 Å². The van der Waals surface area contributed by atoms with Gasteiger partial charge in [-0.1, -0.05) is 18.2 Å². The maximum absolute atomic E-state index is 12.0. The Morgan fingerprint density at radius 2 is 2.00 bits per heavy atom. The van der Waals surface area contributed by atoms with Gasteiger partial charge >= 0.3 is 6.03 Å². The molecule has 6 nitrogen and oxygen atoms in total. The zero-order chi connectivity index (χ0) is 14.8. The van der Waals surface area contributed by atoms with Gasteiger partial charge in [-0.15, -0.1) is 0 Å². The molecule has 0 spiro atoms. The number of fused-ring (bicyclic) bond motifs is 1. The first-order valence-electron chi connectivity index (χ1n) is 6.42. The van der Waals surface area contributed by atoms with Gasteiger partial charge < -0.3 is 15.5 Å². The quantitative estimate of drug-likeness (QED) is 0.787. The molecule has 20 heavy (non-hydrogen) atoms. The van der Waals surface area contributed by atoms with E-state index in [9.17, 15) is 13.2 Å². The first-order chi connectivity index (χ1) is 9.42. The third kappa shape index (κ3) is 3.10. The third-order valence-electron chi connectivity index (χ3n) is 3.21. The number of rotatable bonds is 4. The molecule has 1 aliphatic rings. The maximum atomic E-state index is 12.0. The third-order valence-corrected chi connectivity index (χ3v) is 5.03. The van der Waals surface area contributed by atoms with Gasteiger partial charge in [0.1, 0.15) is 0 Å². The van der Waals surface area contributed by atoms with E-state index >= 15 is 0 Å². The van der Waals surface area contributed by atoms with Gasteiger partial charge in [0.25, 0.3) is 0 Å². The predicted molar refractivity (Wildman–Crippen MR) is 76.3 cm³/mol. The van der Waals surface area contributed by atoms with Crippen LogP contribution in [0.25, 0.3) is 0 Å². The fraction of sp³-hybridized carbons (Fsp3) is 0.462. The number of benzene rings is 1. The Hall–Kier alpha value is -1.60. The van der Waals surface area contributed by atoms with Crippen LogP contribution < -0.4 is 10.6 Å². The summed E-state index contributed by atoms with van der Waals surface area (Å²) in [6.07, 6.45) is 0. The Morgan fingerprint density at radius 1 is 1.30 bits per heavy atom. The van der Waals surface area contributed by atoms with Crippen LogP contribution in [0.5, 0.6) is 0 Å².